The Kier molecular flexibility index (Phi) is 4.89. The second-order valence-corrected chi connectivity index (χ2v) is 5.14. The van der Waals surface area contributed by atoms with E-state index in [1.54, 1.807) is 43.6 Å². The maximum Gasteiger partial charge on any atom is 0.347 e. The molecule has 0 spiro atoms. The number of allylic oxidation sites excluding steroid dienone is 1. The van der Waals surface area contributed by atoms with Crippen molar-refractivity contribution in [3.05, 3.63) is 77.6 Å². The summed E-state index contributed by atoms with van der Waals surface area (Å²) >= 11 is 0. The largest absolute Gasteiger partial charge is 0.462 e. The van der Waals surface area contributed by atoms with Gasteiger partial charge in [-0.3, -0.25) is 9.78 Å². The molecule has 0 fully saturated rings. The number of anilines is 1. The second-order valence-electron chi connectivity index (χ2n) is 5.14. The van der Waals surface area contributed by atoms with Gasteiger partial charge in [-0.2, -0.15) is 0 Å². The average molecular weight is 336 g/mol. The molecule has 6 nitrogen and oxygen atoms in total. The van der Waals surface area contributed by atoms with Crippen molar-refractivity contribution < 1.29 is 19.1 Å². The number of benzene rings is 1. The number of hydrogen-bond donors (Lipinski definition) is 1. The third-order valence-electron chi connectivity index (χ3n) is 3.38. The van der Waals surface area contributed by atoms with E-state index in [2.05, 4.69) is 10.3 Å². The third-order valence-corrected chi connectivity index (χ3v) is 3.38. The van der Waals surface area contributed by atoms with Crippen molar-refractivity contribution >= 4 is 23.5 Å². The molecule has 0 saturated heterocycles. The van der Waals surface area contributed by atoms with Crippen LogP contribution in [0.25, 0.3) is 6.08 Å². The molecule has 1 aromatic carbocycles. The van der Waals surface area contributed by atoms with E-state index in [1.165, 1.54) is 6.08 Å². The van der Waals surface area contributed by atoms with Gasteiger partial charge in [0.15, 0.2) is 11.3 Å². The van der Waals surface area contributed by atoms with Crippen LogP contribution in [0.5, 0.6) is 0 Å². The molecule has 0 amide bonds. The Hall–Kier alpha value is -3.41. The van der Waals surface area contributed by atoms with Crippen LogP contribution in [0.2, 0.25) is 0 Å². The van der Waals surface area contributed by atoms with Crippen LogP contribution in [-0.4, -0.2) is 23.3 Å². The van der Waals surface area contributed by atoms with Gasteiger partial charge in [-0.15, -0.1) is 0 Å². The lowest BCUT2D eigenvalue weighted by atomic mass is 10.1. The molecular weight excluding hydrogens is 320 g/mol. The summed E-state index contributed by atoms with van der Waals surface area (Å²) in [6, 6.07) is 12.6. The quantitative estimate of drug-likeness (QED) is 0.514. The summed E-state index contributed by atoms with van der Waals surface area (Å²) in [6.07, 6.45) is 4.76. The van der Waals surface area contributed by atoms with Gasteiger partial charge in [0.1, 0.15) is 0 Å². The van der Waals surface area contributed by atoms with Crippen LogP contribution in [0.15, 0.2) is 72.1 Å². The zero-order valence-electron chi connectivity index (χ0n) is 13.6. The van der Waals surface area contributed by atoms with Crippen LogP contribution in [0.1, 0.15) is 12.5 Å². The lowest BCUT2D eigenvalue weighted by molar-refractivity contribution is -0.139. The first kappa shape index (κ1) is 16.4. The molecule has 1 aromatic heterocycles. The van der Waals surface area contributed by atoms with E-state index in [-0.39, 0.29) is 23.8 Å². The van der Waals surface area contributed by atoms with Gasteiger partial charge in [-0.05, 0) is 36.8 Å². The Morgan fingerprint density at radius 1 is 1.24 bits per heavy atom. The predicted molar refractivity (Wildman–Crippen MR) is 92.0 cm³/mol. The molecule has 25 heavy (non-hydrogen) atoms. The van der Waals surface area contributed by atoms with E-state index in [9.17, 15) is 9.59 Å². The fraction of sp³-hybridized carbons (Fsp3) is 0.105. The molecule has 0 atom stereocenters. The Morgan fingerprint density at radius 3 is 2.72 bits per heavy atom. The van der Waals surface area contributed by atoms with Gasteiger partial charge in [-0.1, -0.05) is 24.3 Å². The molecule has 126 valence electrons. The molecule has 1 aliphatic rings. The Labute approximate surface area is 144 Å². The van der Waals surface area contributed by atoms with Gasteiger partial charge in [0, 0.05) is 18.1 Å². The highest BCUT2D eigenvalue weighted by Crippen LogP contribution is 2.28. The van der Waals surface area contributed by atoms with Crippen LogP contribution in [0.3, 0.4) is 0 Å². The Bertz CT molecular complexity index is 842. The number of aromatic nitrogens is 1. The van der Waals surface area contributed by atoms with Gasteiger partial charge in [-0.25, -0.2) is 4.79 Å². The van der Waals surface area contributed by atoms with E-state index >= 15 is 0 Å². The van der Waals surface area contributed by atoms with Crippen molar-refractivity contribution in [3.8, 4) is 0 Å². The van der Waals surface area contributed by atoms with Crippen molar-refractivity contribution in [2.24, 2.45) is 0 Å². The first-order valence-corrected chi connectivity index (χ1v) is 7.76. The highest BCUT2D eigenvalue weighted by atomic mass is 16.5. The summed E-state index contributed by atoms with van der Waals surface area (Å²) in [4.78, 5) is 28.8. The lowest BCUT2D eigenvalue weighted by Crippen LogP contribution is -2.16. The van der Waals surface area contributed by atoms with Crippen molar-refractivity contribution in [2.75, 3.05) is 11.9 Å². The lowest BCUT2D eigenvalue weighted by Gasteiger charge is -2.08. The number of Topliss-reactive ketones (excluding diaryl/α,β-unsaturated/α-hetero) is 1. The molecule has 0 aliphatic carbocycles. The van der Waals surface area contributed by atoms with Gasteiger partial charge < -0.3 is 14.8 Å². The normalized spacial score (nSPS) is 15.2. The molecule has 1 aliphatic heterocycles. The van der Waals surface area contributed by atoms with Gasteiger partial charge >= 0.3 is 5.97 Å². The summed E-state index contributed by atoms with van der Waals surface area (Å²) in [5, 5.41) is 2.96. The van der Waals surface area contributed by atoms with E-state index < -0.39 is 11.8 Å². The molecular formula is C19H16N2O4. The SMILES string of the molecule is CCOC(=O)C1=C(Nc2ccccc2)O/C(=C/c2cccnc2)C1=O. The number of nitrogens with one attached hydrogen (secondary N) is 1. The van der Waals surface area contributed by atoms with Crippen LogP contribution < -0.4 is 5.32 Å². The summed E-state index contributed by atoms with van der Waals surface area (Å²) in [6.45, 7) is 1.84. The Balaban J connectivity index is 1.93. The minimum atomic E-state index is -0.722. The second kappa shape index (κ2) is 7.44. The number of rotatable bonds is 5. The highest BCUT2D eigenvalue weighted by molar-refractivity contribution is 6.26. The summed E-state index contributed by atoms with van der Waals surface area (Å²) in [7, 11) is 0. The van der Waals surface area contributed by atoms with Crippen LogP contribution in [0, 0.1) is 0 Å². The standard InChI is InChI=1S/C19H16N2O4/c1-2-24-19(23)16-17(22)15(11-13-7-6-10-20-12-13)25-18(16)21-14-8-4-3-5-9-14/h3-12,21H,2H2,1H3/b15-11+. The third kappa shape index (κ3) is 3.74. The number of pyridine rings is 1. The van der Waals surface area contributed by atoms with Gasteiger partial charge in [0.25, 0.3) is 0 Å². The van der Waals surface area contributed by atoms with E-state index in [0.717, 1.165) is 0 Å². The van der Waals surface area contributed by atoms with Crippen molar-refractivity contribution in [1.82, 2.24) is 4.98 Å². The number of hydrogen-bond acceptors (Lipinski definition) is 6. The van der Waals surface area contributed by atoms with Gasteiger partial charge in [0.05, 0.1) is 6.61 Å². The first-order valence-electron chi connectivity index (χ1n) is 7.76. The summed E-state index contributed by atoms with van der Waals surface area (Å²) in [5.74, 6) is -1.15. The van der Waals surface area contributed by atoms with E-state index in [1.807, 2.05) is 18.2 Å². The minimum absolute atomic E-state index is 0.0366. The zero-order valence-corrected chi connectivity index (χ0v) is 13.6. The fourth-order valence-electron chi connectivity index (χ4n) is 2.27. The smallest absolute Gasteiger partial charge is 0.347 e. The molecule has 0 bridgehead atoms. The number of nitrogens with zero attached hydrogens (tertiary/aromatic N) is 1. The maximum absolute atomic E-state index is 12.6. The minimum Gasteiger partial charge on any atom is -0.462 e. The van der Waals surface area contributed by atoms with Crippen LogP contribution >= 0.6 is 0 Å². The van der Waals surface area contributed by atoms with E-state index in [4.69, 9.17) is 9.47 Å². The van der Waals surface area contributed by atoms with Crippen LogP contribution in [-0.2, 0) is 19.1 Å². The topological polar surface area (TPSA) is 77.5 Å². The van der Waals surface area contributed by atoms with Crippen molar-refractivity contribution in [2.45, 2.75) is 6.92 Å². The molecule has 3 rings (SSSR count). The Morgan fingerprint density at radius 2 is 2.04 bits per heavy atom. The monoisotopic (exact) mass is 336 g/mol. The molecule has 0 saturated carbocycles. The number of carbonyl (C=O) groups is 2. The number of carbonyl (C=O) groups excluding carboxylic acids is 2. The van der Waals surface area contributed by atoms with Crippen molar-refractivity contribution in [3.63, 3.8) is 0 Å². The summed E-state index contributed by atoms with van der Waals surface area (Å²) < 4.78 is 10.6. The van der Waals surface area contributed by atoms with E-state index in [0.29, 0.717) is 11.3 Å². The fourth-order valence-corrected chi connectivity index (χ4v) is 2.27. The molecule has 6 heteroatoms. The van der Waals surface area contributed by atoms with Gasteiger partial charge in [0.2, 0.25) is 11.7 Å². The van der Waals surface area contributed by atoms with Crippen LogP contribution in [0.4, 0.5) is 5.69 Å². The number of esters is 1. The first-order chi connectivity index (χ1) is 12.2. The molecule has 2 heterocycles. The average Bonchev–Trinajstić information content (AvgIpc) is 2.92. The molecule has 1 N–H and O–H groups in total. The maximum atomic E-state index is 12.6. The highest BCUT2D eigenvalue weighted by Gasteiger charge is 2.36. The molecule has 2 aromatic rings. The zero-order chi connectivity index (χ0) is 17.6. The number of ether oxygens (including phenoxy) is 2. The predicted octanol–water partition coefficient (Wildman–Crippen LogP) is 2.91. The number of para-hydroxylation sites is 1. The summed E-state index contributed by atoms with van der Waals surface area (Å²) in [5.41, 5.74) is 1.23. The molecule has 0 radical (unpaired) electrons. The van der Waals surface area contributed by atoms with Crippen molar-refractivity contribution in [1.29, 1.82) is 0 Å². The number of ketones is 1. The molecule has 0 unspecified atom stereocenters.